The molecular weight excluding hydrogens is 415 g/mol. The minimum Gasteiger partial charge on any atom is -0.346 e. The van der Waals surface area contributed by atoms with Crippen LogP contribution in [-0.4, -0.2) is 110 Å². The lowest BCUT2D eigenvalue weighted by atomic mass is 11.5. The van der Waals surface area contributed by atoms with Gasteiger partial charge in [-0.25, -0.2) is 0 Å². The van der Waals surface area contributed by atoms with Gasteiger partial charge in [0.05, 0.1) is 0 Å². The van der Waals surface area contributed by atoms with Gasteiger partial charge >= 0.3 is 0 Å². The molecular formula is C10H41N7Si7. The van der Waals surface area contributed by atoms with Gasteiger partial charge in [0.1, 0.15) is 0 Å². The van der Waals surface area contributed by atoms with Crippen molar-refractivity contribution >= 4 is 64.6 Å². The molecule has 1 rings (SSSR count). The number of rotatable bonds is 0. The Bertz CT molecular complexity index is 377. The third kappa shape index (κ3) is 5.15. The summed E-state index contributed by atoms with van der Waals surface area (Å²) in [4.78, 5) is 0. The van der Waals surface area contributed by atoms with Crippen LogP contribution in [-0.2, 0) is 0 Å². The van der Waals surface area contributed by atoms with Crippen molar-refractivity contribution < 1.29 is 0 Å². The van der Waals surface area contributed by atoms with Crippen LogP contribution in [0.5, 0.6) is 0 Å². The minimum absolute atomic E-state index is 0.274. The smallest absolute Gasteiger partial charge is 0.188 e. The van der Waals surface area contributed by atoms with Crippen LogP contribution in [0.2, 0.25) is 39.3 Å². The third-order valence-corrected chi connectivity index (χ3v) is 35.5. The van der Waals surface area contributed by atoms with E-state index in [0.717, 1.165) is 0 Å². The van der Waals surface area contributed by atoms with Crippen LogP contribution in [0.3, 0.4) is 0 Å². The monoisotopic (exact) mass is 455 g/mol. The highest BCUT2D eigenvalue weighted by molar-refractivity contribution is 6.96. The zero-order chi connectivity index (χ0) is 18.8. The highest BCUT2D eigenvalue weighted by Crippen LogP contribution is 2.26. The maximum atomic E-state index is 3.84. The first-order chi connectivity index (χ1) is 10.9. The summed E-state index contributed by atoms with van der Waals surface area (Å²) in [5.41, 5.74) is 0. The second-order valence-electron chi connectivity index (χ2n) is 8.42. The molecule has 1 fully saturated rings. The van der Waals surface area contributed by atoms with E-state index in [1.165, 1.54) is 0 Å². The molecule has 0 bridgehead atoms. The van der Waals surface area contributed by atoms with Crippen molar-refractivity contribution in [2.24, 2.45) is 0 Å². The van der Waals surface area contributed by atoms with E-state index in [4.69, 9.17) is 0 Å². The highest BCUT2D eigenvalue weighted by Gasteiger charge is 2.48. The van der Waals surface area contributed by atoms with Crippen molar-refractivity contribution in [2.45, 2.75) is 39.3 Å². The molecule has 0 amide bonds. The van der Waals surface area contributed by atoms with Gasteiger partial charge in [0.15, 0.2) is 64.6 Å². The molecule has 7 nitrogen and oxygen atoms in total. The van der Waals surface area contributed by atoms with Crippen molar-refractivity contribution in [3.05, 3.63) is 0 Å². The number of hydrogen-bond donors (Lipinski definition) is 3. The van der Waals surface area contributed by atoms with E-state index in [1.54, 1.807) is 0 Å². The molecule has 0 saturated carbocycles. The highest BCUT2D eigenvalue weighted by atomic mass is 28.5. The number of nitrogens with zero attached hydrogens (tertiary/aromatic N) is 4. The molecule has 1 heterocycles. The molecule has 0 aliphatic carbocycles. The second kappa shape index (κ2) is 8.95. The van der Waals surface area contributed by atoms with Gasteiger partial charge in [-0.1, -0.05) is 0 Å². The number of hydrogen-bond acceptors (Lipinski definition) is 7. The summed E-state index contributed by atoms with van der Waals surface area (Å²) in [7, 11) is 3.53. The van der Waals surface area contributed by atoms with E-state index in [0.29, 0.717) is 0 Å². The van der Waals surface area contributed by atoms with Crippen LogP contribution in [0.15, 0.2) is 0 Å². The Morgan fingerprint density at radius 1 is 0.542 bits per heavy atom. The standard InChI is InChI=1S/C10H41N7Si7/c1-14-20-12-18-11-19-13-21-15(2)23(7,8)17(4)24(9,10)16(3)22(14,5)6/h11-13H,18-21H2,1-10H3. The lowest BCUT2D eigenvalue weighted by Crippen LogP contribution is -2.79. The Labute approximate surface area is 162 Å². The Morgan fingerprint density at radius 2 is 0.875 bits per heavy atom. The SMILES string of the molecule is CN1[SiH2]N[SiH2]N[SiH2]N[SiH2]N(C)[Si](C)(C)N(C)[Si](C)(C)N(C)[Si]1(C)C. The molecule has 14 heteroatoms. The average molecular weight is 456 g/mol. The van der Waals surface area contributed by atoms with E-state index in [-0.39, 0.29) is 39.4 Å². The van der Waals surface area contributed by atoms with Crippen LogP contribution in [0.1, 0.15) is 0 Å². The largest absolute Gasteiger partial charge is 0.346 e. The molecule has 0 aromatic carbocycles. The van der Waals surface area contributed by atoms with Crippen molar-refractivity contribution in [1.82, 2.24) is 30.9 Å². The van der Waals surface area contributed by atoms with E-state index in [9.17, 15) is 0 Å². The Morgan fingerprint density at radius 3 is 1.21 bits per heavy atom. The molecule has 0 spiro atoms. The topological polar surface area (TPSA) is 49.1 Å². The van der Waals surface area contributed by atoms with Gasteiger partial charge in [-0.15, -0.1) is 0 Å². The molecule has 1 aliphatic rings. The molecule has 144 valence electrons. The fraction of sp³-hybridized carbons (Fsp3) is 1.00. The molecule has 0 aromatic rings. The lowest BCUT2D eigenvalue weighted by Gasteiger charge is -2.56. The Balaban J connectivity index is 3.15. The molecule has 1 aliphatic heterocycles. The predicted molar refractivity (Wildman–Crippen MR) is 127 cm³/mol. The average Bonchev–Trinajstić information content (AvgIpc) is 2.50. The van der Waals surface area contributed by atoms with Gasteiger partial charge in [0.25, 0.3) is 0 Å². The summed E-state index contributed by atoms with van der Waals surface area (Å²) in [6.07, 6.45) is 0. The van der Waals surface area contributed by atoms with Gasteiger partial charge in [0.2, 0.25) is 0 Å². The van der Waals surface area contributed by atoms with Gasteiger partial charge in [-0.2, -0.15) is 0 Å². The number of nitrogens with one attached hydrogen (secondary N) is 3. The summed E-state index contributed by atoms with van der Waals surface area (Å²) in [6.45, 7) is 15.3. The van der Waals surface area contributed by atoms with Crippen LogP contribution in [0.25, 0.3) is 0 Å². The van der Waals surface area contributed by atoms with Crippen molar-refractivity contribution in [2.75, 3.05) is 28.2 Å². The molecule has 0 atom stereocenters. The first kappa shape index (κ1) is 23.3. The van der Waals surface area contributed by atoms with Crippen LogP contribution < -0.4 is 13.9 Å². The van der Waals surface area contributed by atoms with Crippen LogP contribution >= 0.6 is 0 Å². The molecule has 24 heavy (non-hydrogen) atoms. The first-order valence-electron chi connectivity index (χ1n) is 8.88. The molecule has 1 saturated heterocycles. The predicted octanol–water partition coefficient (Wildman–Crippen LogP) is -3.40. The molecule has 0 aromatic heterocycles. The summed E-state index contributed by atoms with van der Waals surface area (Å²) in [6, 6.07) is 0. The van der Waals surface area contributed by atoms with Crippen LogP contribution in [0.4, 0.5) is 0 Å². The normalized spacial score (nSPS) is 33.2. The van der Waals surface area contributed by atoms with Gasteiger partial charge in [-0.05, 0) is 67.5 Å². The fourth-order valence-corrected chi connectivity index (χ4v) is 33.5. The molecule has 3 N–H and O–H groups in total. The summed E-state index contributed by atoms with van der Waals surface area (Å²) < 4.78 is 22.6. The lowest BCUT2D eigenvalue weighted by molar-refractivity contribution is 0.545. The fourth-order valence-electron chi connectivity index (χ4n) is 3.15. The summed E-state index contributed by atoms with van der Waals surface area (Å²) >= 11 is 0. The molecule has 0 unspecified atom stereocenters. The van der Waals surface area contributed by atoms with E-state index in [1.807, 2.05) is 0 Å². The second-order valence-corrected chi connectivity index (χ2v) is 33.0. The molecule has 0 radical (unpaired) electrons. The van der Waals surface area contributed by atoms with Crippen LogP contribution in [0, 0.1) is 0 Å². The van der Waals surface area contributed by atoms with Gasteiger partial charge < -0.3 is 30.9 Å². The Hall–Kier alpha value is 1.24. The van der Waals surface area contributed by atoms with Gasteiger partial charge in [0, 0.05) is 0 Å². The zero-order valence-corrected chi connectivity index (χ0v) is 26.3. The summed E-state index contributed by atoms with van der Waals surface area (Å²) in [5, 5.41) is 0. The summed E-state index contributed by atoms with van der Waals surface area (Å²) in [5.74, 6) is 0. The maximum Gasteiger partial charge on any atom is 0.188 e. The first-order valence-corrected chi connectivity index (χ1v) is 23.1. The Kier molecular flexibility index (Phi) is 8.68. The zero-order valence-electron chi connectivity index (χ0n) is 17.6. The van der Waals surface area contributed by atoms with Crippen molar-refractivity contribution in [3.63, 3.8) is 0 Å². The minimum atomic E-state index is -1.65. The third-order valence-electron chi connectivity index (χ3n) is 6.35. The van der Waals surface area contributed by atoms with E-state index >= 15 is 0 Å². The maximum absolute atomic E-state index is 3.84. The van der Waals surface area contributed by atoms with Crippen molar-refractivity contribution in [1.29, 1.82) is 0 Å². The van der Waals surface area contributed by atoms with E-state index in [2.05, 4.69) is 98.3 Å². The van der Waals surface area contributed by atoms with E-state index < -0.39 is 25.2 Å². The van der Waals surface area contributed by atoms with Crippen molar-refractivity contribution in [3.8, 4) is 0 Å². The van der Waals surface area contributed by atoms with Gasteiger partial charge in [-0.3, -0.25) is 0 Å². The quantitative estimate of drug-likeness (QED) is 0.329.